The van der Waals surface area contributed by atoms with Crippen molar-refractivity contribution in [2.75, 3.05) is 25.6 Å². The van der Waals surface area contributed by atoms with Crippen molar-refractivity contribution in [3.8, 4) is 0 Å². The van der Waals surface area contributed by atoms with Gasteiger partial charge < -0.3 is 5.11 Å². The number of aliphatic hydroxyl groups is 1. The molecule has 0 heterocycles. The van der Waals surface area contributed by atoms with Crippen LogP contribution in [0.2, 0.25) is 0 Å². The summed E-state index contributed by atoms with van der Waals surface area (Å²) < 4.78 is 35.2. The van der Waals surface area contributed by atoms with Crippen LogP contribution in [0.25, 0.3) is 0 Å². The number of benzene rings is 1. The number of hydrogen-bond donors (Lipinski definition) is 1. The molecule has 0 aromatic heterocycles. The van der Waals surface area contributed by atoms with E-state index in [1.165, 1.54) is 30.5 Å². The minimum absolute atomic E-state index is 0.0413. The number of nitrogens with zero attached hydrogens (tertiary/aromatic N) is 1. The minimum atomic E-state index is -3.05. The van der Waals surface area contributed by atoms with Gasteiger partial charge in [0, 0.05) is 18.8 Å². The quantitative estimate of drug-likeness (QED) is 0.855. The van der Waals surface area contributed by atoms with E-state index < -0.39 is 15.9 Å². The molecule has 108 valence electrons. The van der Waals surface area contributed by atoms with Crippen molar-refractivity contribution in [2.45, 2.75) is 19.1 Å². The van der Waals surface area contributed by atoms with Gasteiger partial charge in [-0.15, -0.1) is 0 Å². The molecule has 2 unspecified atom stereocenters. The fraction of sp³-hybridized carbons (Fsp3) is 0.538. The van der Waals surface area contributed by atoms with Gasteiger partial charge in [0.25, 0.3) is 0 Å². The summed E-state index contributed by atoms with van der Waals surface area (Å²) in [5.41, 5.74) is 0.611. The van der Waals surface area contributed by atoms with Crippen molar-refractivity contribution in [1.29, 1.82) is 0 Å². The first-order chi connectivity index (χ1) is 8.69. The SMILES string of the molecule is CC(CS(C)(=O)=O)N(C)CC(O)c1ccc(F)cc1. The van der Waals surface area contributed by atoms with Gasteiger partial charge in [-0.1, -0.05) is 12.1 Å². The topological polar surface area (TPSA) is 57.6 Å². The standard InChI is InChI=1S/C13H20FNO3S/c1-10(9-19(3,17)18)15(2)8-13(16)11-4-6-12(14)7-5-11/h4-7,10,13,16H,8-9H2,1-3H3. The van der Waals surface area contributed by atoms with E-state index in [0.717, 1.165) is 0 Å². The van der Waals surface area contributed by atoms with E-state index in [9.17, 15) is 17.9 Å². The molecule has 4 nitrogen and oxygen atoms in total. The molecular formula is C13H20FNO3S. The molecule has 0 amide bonds. The van der Waals surface area contributed by atoms with Crippen LogP contribution in [-0.4, -0.2) is 50.1 Å². The largest absolute Gasteiger partial charge is 0.387 e. The highest BCUT2D eigenvalue weighted by atomic mass is 32.2. The highest BCUT2D eigenvalue weighted by molar-refractivity contribution is 7.90. The second-order valence-electron chi connectivity index (χ2n) is 4.95. The summed E-state index contributed by atoms with van der Waals surface area (Å²) in [4.78, 5) is 1.77. The van der Waals surface area contributed by atoms with Gasteiger partial charge in [-0.3, -0.25) is 4.90 Å². The first kappa shape index (κ1) is 16.1. The average molecular weight is 289 g/mol. The summed E-state index contributed by atoms with van der Waals surface area (Å²) in [5, 5.41) is 10.0. The summed E-state index contributed by atoms with van der Waals surface area (Å²) >= 11 is 0. The van der Waals surface area contributed by atoms with Crippen molar-refractivity contribution in [3.05, 3.63) is 35.6 Å². The second-order valence-corrected chi connectivity index (χ2v) is 7.13. The van der Waals surface area contributed by atoms with E-state index in [2.05, 4.69) is 0 Å². The predicted molar refractivity (Wildman–Crippen MR) is 73.2 cm³/mol. The molecule has 0 aliphatic heterocycles. The molecule has 1 rings (SSSR count). The third-order valence-electron chi connectivity index (χ3n) is 3.01. The van der Waals surface area contributed by atoms with Crippen LogP contribution < -0.4 is 0 Å². The monoisotopic (exact) mass is 289 g/mol. The lowest BCUT2D eigenvalue weighted by Gasteiger charge is -2.26. The molecule has 1 aromatic rings. The third-order valence-corrected chi connectivity index (χ3v) is 4.10. The van der Waals surface area contributed by atoms with Crippen molar-refractivity contribution >= 4 is 9.84 Å². The Morgan fingerprint density at radius 2 is 1.84 bits per heavy atom. The third kappa shape index (κ3) is 5.67. The van der Waals surface area contributed by atoms with Gasteiger partial charge in [0.1, 0.15) is 15.7 Å². The highest BCUT2D eigenvalue weighted by Crippen LogP contribution is 2.15. The van der Waals surface area contributed by atoms with Crippen molar-refractivity contribution in [2.24, 2.45) is 0 Å². The Morgan fingerprint density at radius 3 is 2.32 bits per heavy atom. The molecule has 0 bridgehead atoms. The normalized spacial score (nSPS) is 15.5. The Balaban J connectivity index is 2.61. The van der Waals surface area contributed by atoms with Gasteiger partial charge in [0.15, 0.2) is 0 Å². The summed E-state index contributed by atoms with van der Waals surface area (Å²) in [6.45, 7) is 2.08. The predicted octanol–water partition coefficient (Wildman–Crippen LogP) is 1.22. The van der Waals surface area contributed by atoms with Crippen LogP contribution in [0, 0.1) is 5.82 Å². The Hall–Kier alpha value is -0.980. The maximum absolute atomic E-state index is 12.8. The molecule has 0 saturated carbocycles. The lowest BCUT2D eigenvalue weighted by Crippen LogP contribution is -2.37. The molecule has 6 heteroatoms. The zero-order chi connectivity index (χ0) is 14.6. The van der Waals surface area contributed by atoms with E-state index in [4.69, 9.17) is 0 Å². The number of rotatable bonds is 6. The molecule has 1 aromatic carbocycles. The maximum Gasteiger partial charge on any atom is 0.148 e. The van der Waals surface area contributed by atoms with Gasteiger partial charge >= 0.3 is 0 Å². The first-order valence-electron chi connectivity index (χ1n) is 6.00. The molecule has 19 heavy (non-hydrogen) atoms. The highest BCUT2D eigenvalue weighted by Gasteiger charge is 2.18. The van der Waals surface area contributed by atoms with Crippen molar-refractivity contribution in [3.63, 3.8) is 0 Å². The van der Waals surface area contributed by atoms with Crippen molar-refractivity contribution in [1.82, 2.24) is 4.90 Å². The van der Waals surface area contributed by atoms with E-state index in [1.807, 2.05) is 0 Å². The molecule has 0 radical (unpaired) electrons. The summed E-state index contributed by atoms with van der Waals surface area (Å²) in [5.74, 6) is -0.311. The summed E-state index contributed by atoms with van der Waals surface area (Å²) in [7, 11) is -1.29. The fourth-order valence-electron chi connectivity index (χ4n) is 1.81. The van der Waals surface area contributed by atoms with Gasteiger partial charge in [0.05, 0.1) is 11.9 Å². The molecule has 1 N–H and O–H groups in total. The lowest BCUT2D eigenvalue weighted by molar-refractivity contribution is 0.113. The smallest absolute Gasteiger partial charge is 0.148 e. The van der Waals surface area contributed by atoms with E-state index in [-0.39, 0.29) is 17.6 Å². The average Bonchev–Trinajstić information content (AvgIpc) is 2.27. The molecule has 0 aliphatic rings. The number of hydrogen-bond acceptors (Lipinski definition) is 4. The van der Waals surface area contributed by atoms with Crippen LogP contribution in [0.4, 0.5) is 4.39 Å². The van der Waals surface area contributed by atoms with Crippen LogP contribution in [0.15, 0.2) is 24.3 Å². The molecule has 0 fully saturated rings. The first-order valence-corrected chi connectivity index (χ1v) is 8.06. The van der Waals surface area contributed by atoms with Crippen LogP contribution in [0.5, 0.6) is 0 Å². The number of halogens is 1. The van der Waals surface area contributed by atoms with Gasteiger partial charge in [-0.2, -0.15) is 0 Å². The van der Waals surface area contributed by atoms with Gasteiger partial charge in [-0.05, 0) is 31.7 Å². The van der Waals surface area contributed by atoms with Crippen LogP contribution in [0.1, 0.15) is 18.6 Å². The Bertz CT molecular complexity index is 501. The van der Waals surface area contributed by atoms with E-state index in [1.54, 1.807) is 18.9 Å². The Kier molecular flexibility index (Phi) is 5.46. The van der Waals surface area contributed by atoms with E-state index in [0.29, 0.717) is 12.1 Å². The zero-order valence-electron chi connectivity index (χ0n) is 11.4. The molecular weight excluding hydrogens is 269 g/mol. The van der Waals surface area contributed by atoms with Crippen molar-refractivity contribution < 1.29 is 17.9 Å². The van der Waals surface area contributed by atoms with Gasteiger partial charge in [0.2, 0.25) is 0 Å². The van der Waals surface area contributed by atoms with Crippen LogP contribution in [-0.2, 0) is 9.84 Å². The zero-order valence-corrected chi connectivity index (χ0v) is 12.2. The minimum Gasteiger partial charge on any atom is -0.387 e. The van der Waals surface area contributed by atoms with Crippen LogP contribution in [0.3, 0.4) is 0 Å². The lowest BCUT2D eigenvalue weighted by atomic mass is 10.1. The molecule has 0 aliphatic carbocycles. The van der Waals surface area contributed by atoms with Gasteiger partial charge in [-0.25, -0.2) is 12.8 Å². The molecule has 2 atom stereocenters. The number of likely N-dealkylation sites (N-methyl/N-ethyl adjacent to an activating group) is 1. The molecule has 0 saturated heterocycles. The number of aliphatic hydroxyl groups excluding tert-OH is 1. The van der Waals surface area contributed by atoms with Crippen LogP contribution >= 0.6 is 0 Å². The van der Waals surface area contributed by atoms with E-state index >= 15 is 0 Å². The Labute approximate surface area is 113 Å². The Morgan fingerprint density at radius 1 is 1.32 bits per heavy atom. The second kappa shape index (κ2) is 6.45. The maximum atomic E-state index is 12.8. The summed E-state index contributed by atoms with van der Waals surface area (Å²) in [6.07, 6.45) is 0.418. The molecule has 0 spiro atoms. The number of sulfone groups is 1. The summed E-state index contributed by atoms with van der Waals surface area (Å²) in [6, 6.07) is 5.44. The fourth-order valence-corrected chi connectivity index (χ4v) is 2.94.